The zero-order chi connectivity index (χ0) is 17.1. The minimum Gasteiger partial charge on any atom is -0.378 e. The van der Waals surface area contributed by atoms with Gasteiger partial charge in [-0.2, -0.15) is 11.8 Å². The van der Waals surface area contributed by atoms with Gasteiger partial charge in [-0.15, -0.1) is 0 Å². The molecule has 24 heavy (non-hydrogen) atoms. The van der Waals surface area contributed by atoms with Gasteiger partial charge in [-0.05, 0) is 57.6 Å². The van der Waals surface area contributed by atoms with Crippen LogP contribution in [0.2, 0.25) is 0 Å². The first kappa shape index (κ1) is 19.9. The number of nitrogens with one attached hydrogen (secondary N) is 2. The molecule has 1 saturated carbocycles. The van der Waals surface area contributed by atoms with Crippen LogP contribution in [0.25, 0.3) is 0 Å². The number of aliphatic imine (C=N–C) groups is 1. The lowest BCUT2D eigenvalue weighted by molar-refractivity contribution is 0.0264. The highest BCUT2D eigenvalue weighted by Crippen LogP contribution is 2.36. The van der Waals surface area contributed by atoms with Gasteiger partial charge < -0.3 is 15.4 Å². The Balaban J connectivity index is 1.45. The molecule has 0 aromatic rings. The van der Waals surface area contributed by atoms with Gasteiger partial charge in [-0.1, -0.05) is 19.3 Å². The van der Waals surface area contributed by atoms with Crippen LogP contribution in [0, 0.1) is 0 Å². The minimum absolute atomic E-state index is 0.383. The fraction of sp³-hybridized carbons (Fsp3) is 0.947. The number of thioether (sulfide) groups is 1. The topological polar surface area (TPSA) is 45.7 Å². The SMILES string of the molecule is CN=C(NCCCCCOC1CCCCC1)NCC1(C)CCCS1. The van der Waals surface area contributed by atoms with Gasteiger partial charge in [-0.3, -0.25) is 4.99 Å². The van der Waals surface area contributed by atoms with Crippen LogP contribution in [0.5, 0.6) is 0 Å². The standard InChI is InChI=1S/C19H37N3OS/c1-19(12-9-15-24-19)16-22-18(20-2)21-13-7-4-8-14-23-17-10-5-3-6-11-17/h17H,3-16H2,1-2H3,(H2,20,21,22). The van der Waals surface area contributed by atoms with Crippen molar-refractivity contribution < 1.29 is 4.74 Å². The number of nitrogens with zero attached hydrogens (tertiary/aromatic N) is 1. The second kappa shape index (κ2) is 11.2. The van der Waals surface area contributed by atoms with Gasteiger partial charge in [0.05, 0.1) is 6.10 Å². The molecule has 0 aromatic heterocycles. The van der Waals surface area contributed by atoms with E-state index in [0.717, 1.165) is 25.7 Å². The molecule has 140 valence electrons. The van der Waals surface area contributed by atoms with Gasteiger partial charge in [0.1, 0.15) is 0 Å². The molecule has 1 atom stereocenters. The average molecular weight is 356 g/mol. The normalized spacial score (nSPS) is 25.8. The van der Waals surface area contributed by atoms with Crippen molar-refractivity contribution in [2.45, 2.75) is 82.0 Å². The van der Waals surface area contributed by atoms with E-state index < -0.39 is 0 Å². The summed E-state index contributed by atoms with van der Waals surface area (Å²) < 4.78 is 6.36. The van der Waals surface area contributed by atoms with Gasteiger partial charge >= 0.3 is 0 Å². The van der Waals surface area contributed by atoms with Crippen LogP contribution < -0.4 is 10.6 Å². The highest BCUT2D eigenvalue weighted by Gasteiger charge is 2.29. The Morgan fingerprint density at radius 2 is 1.96 bits per heavy atom. The number of hydrogen-bond acceptors (Lipinski definition) is 3. The number of ether oxygens (including phenoxy) is 1. The molecule has 5 heteroatoms. The van der Waals surface area contributed by atoms with Crippen LogP contribution in [-0.4, -0.2) is 49.3 Å². The Morgan fingerprint density at radius 1 is 1.12 bits per heavy atom. The number of guanidine groups is 1. The molecule has 2 rings (SSSR count). The van der Waals surface area contributed by atoms with Crippen molar-refractivity contribution >= 4 is 17.7 Å². The molecule has 0 radical (unpaired) electrons. The fourth-order valence-corrected chi connectivity index (χ4v) is 4.80. The van der Waals surface area contributed by atoms with E-state index in [1.54, 1.807) is 0 Å². The summed E-state index contributed by atoms with van der Waals surface area (Å²) >= 11 is 2.09. The number of rotatable bonds is 9. The second-order valence-electron chi connectivity index (χ2n) is 7.45. The molecule has 0 bridgehead atoms. The predicted molar refractivity (Wildman–Crippen MR) is 106 cm³/mol. The van der Waals surface area contributed by atoms with Crippen molar-refractivity contribution in [3.05, 3.63) is 0 Å². The first-order valence-electron chi connectivity index (χ1n) is 9.92. The van der Waals surface area contributed by atoms with E-state index in [4.69, 9.17) is 4.74 Å². The molecule has 2 N–H and O–H groups in total. The third-order valence-electron chi connectivity index (χ3n) is 5.17. The maximum Gasteiger partial charge on any atom is 0.191 e. The maximum absolute atomic E-state index is 5.98. The van der Waals surface area contributed by atoms with Crippen molar-refractivity contribution in [1.29, 1.82) is 0 Å². The summed E-state index contributed by atoms with van der Waals surface area (Å²) in [6, 6.07) is 0. The predicted octanol–water partition coefficient (Wildman–Crippen LogP) is 3.96. The lowest BCUT2D eigenvalue weighted by Crippen LogP contribution is -2.43. The van der Waals surface area contributed by atoms with E-state index in [1.807, 2.05) is 7.05 Å². The zero-order valence-corrected chi connectivity index (χ0v) is 16.6. The van der Waals surface area contributed by atoms with Crippen molar-refractivity contribution in [2.75, 3.05) is 32.5 Å². The Kier molecular flexibility index (Phi) is 9.32. The van der Waals surface area contributed by atoms with Crippen molar-refractivity contribution in [2.24, 2.45) is 4.99 Å². The summed E-state index contributed by atoms with van der Waals surface area (Å²) in [6.07, 6.45) is 13.5. The summed E-state index contributed by atoms with van der Waals surface area (Å²) in [5, 5.41) is 6.93. The summed E-state index contributed by atoms with van der Waals surface area (Å²) in [5.74, 6) is 2.25. The Hall–Kier alpha value is -0.420. The van der Waals surface area contributed by atoms with Gasteiger partial charge in [0, 0.05) is 31.5 Å². The van der Waals surface area contributed by atoms with Crippen LogP contribution in [0.1, 0.15) is 71.1 Å². The quantitative estimate of drug-likeness (QED) is 0.373. The Labute approximate surface area is 153 Å². The molecular formula is C19H37N3OS. The molecule has 1 heterocycles. The summed E-state index contributed by atoms with van der Waals surface area (Å²) in [4.78, 5) is 4.34. The fourth-order valence-electron chi connectivity index (χ4n) is 3.56. The van der Waals surface area contributed by atoms with Crippen LogP contribution in [0.3, 0.4) is 0 Å². The van der Waals surface area contributed by atoms with E-state index in [2.05, 4.69) is 34.3 Å². The molecule has 0 aromatic carbocycles. The van der Waals surface area contributed by atoms with Crippen LogP contribution in [0.4, 0.5) is 0 Å². The van der Waals surface area contributed by atoms with Crippen LogP contribution >= 0.6 is 11.8 Å². The maximum atomic E-state index is 5.98. The molecule has 0 amide bonds. The van der Waals surface area contributed by atoms with E-state index in [1.165, 1.54) is 70.0 Å². The lowest BCUT2D eigenvalue weighted by Gasteiger charge is -2.24. The second-order valence-corrected chi connectivity index (χ2v) is 9.13. The Bertz CT molecular complexity index is 364. The Morgan fingerprint density at radius 3 is 2.67 bits per heavy atom. The highest BCUT2D eigenvalue weighted by molar-refractivity contribution is 8.00. The molecule has 0 spiro atoms. The largest absolute Gasteiger partial charge is 0.378 e. The summed E-state index contributed by atoms with van der Waals surface area (Å²) in [7, 11) is 1.86. The monoisotopic (exact) mass is 355 g/mol. The number of unbranched alkanes of at least 4 members (excludes halogenated alkanes) is 2. The van der Waals surface area contributed by atoms with E-state index in [9.17, 15) is 0 Å². The van der Waals surface area contributed by atoms with Crippen molar-refractivity contribution in [3.63, 3.8) is 0 Å². The van der Waals surface area contributed by atoms with Gasteiger partial charge in [-0.25, -0.2) is 0 Å². The molecule has 1 saturated heterocycles. The molecule has 1 unspecified atom stereocenters. The molecule has 4 nitrogen and oxygen atoms in total. The number of hydrogen-bond donors (Lipinski definition) is 2. The molecular weight excluding hydrogens is 318 g/mol. The van der Waals surface area contributed by atoms with Gasteiger partial charge in [0.15, 0.2) is 5.96 Å². The lowest BCUT2D eigenvalue weighted by atomic mass is 9.98. The zero-order valence-electron chi connectivity index (χ0n) is 15.7. The van der Waals surface area contributed by atoms with E-state index in [-0.39, 0.29) is 0 Å². The van der Waals surface area contributed by atoms with E-state index >= 15 is 0 Å². The third kappa shape index (κ3) is 7.64. The summed E-state index contributed by atoms with van der Waals surface area (Å²) in [6.45, 7) is 5.30. The van der Waals surface area contributed by atoms with Gasteiger partial charge in [0.2, 0.25) is 0 Å². The molecule has 1 aliphatic carbocycles. The van der Waals surface area contributed by atoms with Crippen molar-refractivity contribution in [1.82, 2.24) is 10.6 Å². The molecule has 2 fully saturated rings. The van der Waals surface area contributed by atoms with Crippen LogP contribution in [0.15, 0.2) is 4.99 Å². The first-order chi connectivity index (χ1) is 11.7. The van der Waals surface area contributed by atoms with Crippen molar-refractivity contribution in [3.8, 4) is 0 Å². The third-order valence-corrected chi connectivity index (χ3v) is 6.71. The van der Waals surface area contributed by atoms with E-state index in [0.29, 0.717) is 10.9 Å². The van der Waals surface area contributed by atoms with Crippen LogP contribution in [-0.2, 0) is 4.74 Å². The first-order valence-corrected chi connectivity index (χ1v) is 10.9. The smallest absolute Gasteiger partial charge is 0.191 e. The summed E-state index contributed by atoms with van der Waals surface area (Å²) in [5.41, 5.74) is 0. The highest BCUT2D eigenvalue weighted by atomic mass is 32.2. The minimum atomic E-state index is 0.383. The average Bonchev–Trinajstić information content (AvgIpc) is 3.04. The molecule has 2 aliphatic rings. The molecule has 1 aliphatic heterocycles. The van der Waals surface area contributed by atoms with Gasteiger partial charge in [0.25, 0.3) is 0 Å².